The first kappa shape index (κ1) is 7.21. The van der Waals surface area contributed by atoms with E-state index < -0.39 is 6.67 Å². The molecule has 1 heterocycles. The lowest BCUT2D eigenvalue weighted by molar-refractivity contribution is 0.363. The van der Waals surface area contributed by atoms with Crippen LogP contribution in [0.4, 0.5) is 4.39 Å². The minimum atomic E-state index is -0.635. The third-order valence-corrected chi connectivity index (χ3v) is 1.07. The van der Waals surface area contributed by atoms with Crippen LogP contribution in [-0.4, -0.2) is 12.0 Å². The first-order valence-electron chi connectivity index (χ1n) is 3.01. The molecule has 0 saturated heterocycles. The molecule has 1 aromatic heterocycles. The number of alkyl halides is 1. The van der Waals surface area contributed by atoms with Crippen LogP contribution in [0.2, 0.25) is 0 Å². The zero-order valence-corrected chi connectivity index (χ0v) is 5.72. The maximum Gasteiger partial charge on any atom is 0.225 e. The second kappa shape index (κ2) is 3.31. The molecule has 0 unspecified atom stereocenters. The minimum Gasteiger partial charge on any atom is -0.441 e. The van der Waals surface area contributed by atoms with Crippen LogP contribution in [0, 0.1) is 0 Å². The maximum absolute atomic E-state index is 11.8. The Kier molecular flexibility index (Phi) is 2.39. The van der Waals surface area contributed by atoms with Gasteiger partial charge in [0.1, 0.15) is 5.76 Å². The van der Waals surface area contributed by atoms with E-state index >= 15 is 0 Å². The Morgan fingerprint density at radius 2 is 2.60 bits per heavy atom. The summed E-state index contributed by atoms with van der Waals surface area (Å²) in [5, 5.41) is 2.87. The van der Waals surface area contributed by atoms with Crippen molar-refractivity contribution in [2.75, 3.05) is 7.05 Å². The molecule has 0 radical (unpaired) electrons. The van der Waals surface area contributed by atoms with Crippen molar-refractivity contribution in [3.63, 3.8) is 0 Å². The van der Waals surface area contributed by atoms with Crippen molar-refractivity contribution >= 4 is 0 Å². The van der Waals surface area contributed by atoms with E-state index in [9.17, 15) is 4.39 Å². The van der Waals surface area contributed by atoms with Crippen molar-refractivity contribution in [1.29, 1.82) is 0 Å². The molecule has 0 aliphatic heterocycles. The maximum atomic E-state index is 11.8. The lowest BCUT2D eigenvalue weighted by Gasteiger charge is -1.89. The first-order chi connectivity index (χ1) is 4.86. The lowest BCUT2D eigenvalue weighted by Crippen LogP contribution is -2.03. The molecule has 56 valence electrons. The summed E-state index contributed by atoms with van der Waals surface area (Å²) in [5.41, 5.74) is 0. The highest BCUT2D eigenvalue weighted by Crippen LogP contribution is 2.03. The monoisotopic (exact) mass is 144 g/mol. The molecule has 3 nitrogen and oxygen atoms in total. The summed E-state index contributed by atoms with van der Waals surface area (Å²) in [5.74, 6) is 0.806. The molecule has 0 aliphatic rings. The zero-order chi connectivity index (χ0) is 7.40. The molecule has 1 rings (SSSR count). The highest BCUT2D eigenvalue weighted by Gasteiger charge is 2.00. The van der Waals surface area contributed by atoms with E-state index in [1.807, 2.05) is 0 Å². The standard InChI is InChI=1S/C6H9FN2O/c1-8-3-5-4-9-6(2-7)10-5/h4,8H,2-3H2,1H3. The Bertz CT molecular complexity index is 199. The number of nitrogens with zero attached hydrogens (tertiary/aromatic N) is 1. The van der Waals surface area contributed by atoms with Crippen molar-refractivity contribution in [1.82, 2.24) is 10.3 Å². The Hall–Kier alpha value is -0.900. The summed E-state index contributed by atoms with van der Waals surface area (Å²) in [7, 11) is 1.79. The fourth-order valence-electron chi connectivity index (χ4n) is 0.666. The number of oxazole rings is 1. The minimum absolute atomic E-state index is 0.144. The van der Waals surface area contributed by atoms with Gasteiger partial charge in [0.05, 0.1) is 12.7 Å². The van der Waals surface area contributed by atoms with E-state index in [1.165, 1.54) is 6.20 Å². The van der Waals surface area contributed by atoms with Crippen LogP contribution in [0.15, 0.2) is 10.6 Å². The van der Waals surface area contributed by atoms with Crippen LogP contribution in [0.3, 0.4) is 0 Å². The van der Waals surface area contributed by atoms with Crippen molar-refractivity contribution in [3.05, 3.63) is 17.8 Å². The molecule has 0 bridgehead atoms. The number of nitrogens with one attached hydrogen (secondary N) is 1. The second-order valence-corrected chi connectivity index (χ2v) is 1.88. The Morgan fingerprint density at radius 1 is 1.80 bits per heavy atom. The molecule has 10 heavy (non-hydrogen) atoms. The number of aromatic nitrogens is 1. The lowest BCUT2D eigenvalue weighted by atomic mass is 10.5. The number of halogens is 1. The van der Waals surface area contributed by atoms with Crippen LogP contribution >= 0.6 is 0 Å². The van der Waals surface area contributed by atoms with Gasteiger partial charge in [-0.1, -0.05) is 0 Å². The van der Waals surface area contributed by atoms with E-state index in [0.717, 1.165) is 0 Å². The molecule has 1 aromatic rings. The summed E-state index contributed by atoms with van der Waals surface area (Å²) in [4.78, 5) is 3.67. The predicted octanol–water partition coefficient (Wildman–Crippen LogP) is 0.864. The SMILES string of the molecule is CNCc1cnc(CF)o1. The van der Waals surface area contributed by atoms with E-state index in [4.69, 9.17) is 4.42 Å². The van der Waals surface area contributed by atoms with Crippen LogP contribution in [-0.2, 0) is 13.2 Å². The Morgan fingerprint density at radius 3 is 3.10 bits per heavy atom. The molecule has 0 spiro atoms. The molecule has 0 fully saturated rings. The van der Waals surface area contributed by atoms with Gasteiger partial charge in [-0.25, -0.2) is 9.37 Å². The quantitative estimate of drug-likeness (QED) is 0.683. The first-order valence-corrected chi connectivity index (χ1v) is 3.01. The molecular formula is C6H9FN2O. The van der Waals surface area contributed by atoms with Crippen molar-refractivity contribution in [2.24, 2.45) is 0 Å². The van der Waals surface area contributed by atoms with E-state index in [2.05, 4.69) is 10.3 Å². The fraction of sp³-hybridized carbons (Fsp3) is 0.500. The van der Waals surface area contributed by atoms with Gasteiger partial charge in [0.25, 0.3) is 0 Å². The molecule has 0 atom stereocenters. The summed E-state index contributed by atoms with van der Waals surface area (Å²) in [6.07, 6.45) is 1.52. The van der Waals surface area contributed by atoms with Gasteiger partial charge in [-0.15, -0.1) is 0 Å². The fourth-order valence-corrected chi connectivity index (χ4v) is 0.666. The molecule has 0 aliphatic carbocycles. The van der Waals surface area contributed by atoms with Gasteiger partial charge in [0.2, 0.25) is 5.89 Å². The van der Waals surface area contributed by atoms with Crippen LogP contribution in [0.1, 0.15) is 11.7 Å². The van der Waals surface area contributed by atoms with Crippen molar-refractivity contribution < 1.29 is 8.81 Å². The molecule has 0 aromatic carbocycles. The average molecular weight is 144 g/mol. The van der Waals surface area contributed by atoms with E-state index in [-0.39, 0.29) is 5.89 Å². The Labute approximate surface area is 58.3 Å². The van der Waals surface area contributed by atoms with Crippen molar-refractivity contribution in [3.8, 4) is 0 Å². The molecule has 4 heteroatoms. The summed E-state index contributed by atoms with van der Waals surface area (Å²) >= 11 is 0. The van der Waals surface area contributed by atoms with Gasteiger partial charge in [-0.3, -0.25) is 0 Å². The van der Waals surface area contributed by atoms with Gasteiger partial charge >= 0.3 is 0 Å². The molecule has 0 saturated carbocycles. The number of rotatable bonds is 3. The number of hydrogen-bond donors (Lipinski definition) is 1. The topological polar surface area (TPSA) is 38.1 Å². The number of hydrogen-bond acceptors (Lipinski definition) is 3. The van der Waals surface area contributed by atoms with Crippen LogP contribution in [0.5, 0.6) is 0 Å². The summed E-state index contributed by atoms with van der Waals surface area (Å²) in [6, 6.07) is 0. The van der Waals surface area contributed by atoms with Gasteiger partial charge in [-0.05, 0) is 7.05 Å². The van der Waals surface area contributed by atoms with Gasteiger partial charge in [0.15, 0.2) is 6.67 Å². The van der Waals surface area contributed by atoms with E-state index in [0.29, 0.717) is 12.3 Å². The highest BCUT2D eigenvalue weighted by molar-refractivity contribution is 4.92. The molecular weight excluding hydrogens is 135 g/mol. The second-order valence-electron chi connectivity index (χ2n) is 1.88. The molecule has 1 N–H and O–H groups in total. The predicted molar refractivity (Wildman–Crippen MR) is 34.1 cm³/mol. The molecule has 0 amide bonds. The van der Waals surface area contributed by atoms with Crippen LogP contribution in [0.25, 0.3) is 0 Å². The highest BCUT2D eigenvalue weighted by atomic mass is 19.1. The van der Waals surface area contributed by atoms with Crippen molar-refractivity contribution in [2.45, 2.75) is 13.2 Å². The average Bonchev–Trinajstić information content (AvgIpc) is 2.37. The Balaban J connectivity index is 2.59. The van der Waals surface area contributed by atoms with Gasteiger partial charge in [-0.2, -0.15) is 0 Å². The smallest absolute Gasteiger partial charge is 0.225 e. The summed E-state index contributed by atoms with van der Waals surface area (Å²) in [6.45, 7) is -0.0449. The normalized spacial score (nSPS) is 10.2. The third kappa shape index (κ3) is 1.54. The summed E-state index contributed by atoms with van der Waals surface area (Å²) < 4.78 is 16.7. The third-order valence-electron chi connectivity index (χ3n) is 1.07. The van der Waals surface area contributed by atoms with Gasteiger partial charge in [0, 0.05) is 0 Å². The largest absolute Gasteiger partial charge is 0.441 e. The zero-order valence-electron chi connectivity index (χ0n) is 5.72. The van der Waals surface area contributed by atoms with Crippen LogP contribution < -0.4 is 5.32 Å². The van der Waals surface area contributed by atoms with E-state index in [1.54, 1.807) is 7.05 Å². The van der Waals surface area contributed by atoms with Gasteiger partial charge < -0.3 is 9.73 Å².